The number of unbranched alkanes of at least 4 members (excludes halogenated alkanes) is 1. The Balaban J connectivity index is 1.19. The molecule has 0 N–H and O–H groups in total. The van der Waals surface area contributed by atoms with Gasteiger partial charge < -0.3 is 19.3 Å². The summed E-state index contributed by atoms with van der Waals surface area (Å²) in [5, 5.41) is 0. The van der Waals surface area contributed by atoms with E-state index in [0.29, 0.717) is 18.0 Å². The first kappa shape index (κ1) is 19.6. The van der Waals surface area contributed by atoms with Crippen LogP contribution in [0.3, 0.4) is 0 Å². The molecular weight excluding hydrogens is 366 g/mol. The maximum absolute atomic E-state index is 12.6. The van der Waals surface area contributed by atoms with Crippen molar-refractivity contribution in [2.45, 2.75) is 12.8 Å². The molecule has 1 fully saturated rings. The first-order valence-corrected chi connectivity index (χ1v) is 10.4. The molecule has 0 bridgehead atoms. The Bertz CT molecular complexity index is 834. The summed E-state index contributed by atoms with van der Waals surface area (Å²) in [6.07, 6.45) is 2.07. The maximum Gasteiger partial charge on any atom is 0.260 e. The molecule has 0 saturated carbocycles. The Labute approximate surface area is 172 Å². The van der Waals surface area contributed by atoms with Crippen LogP contribution in [-0.2, 0) is 0 Å². The SMILES string of the molecule is COc1ccccc1N1CCN(CCCCN2COc3ccccc3C2=O)CC1. The topological polar surface area (TPSA) is 45.2 Å². The van der Waals surface area contributed by atoms with E-state index in [1.165, 1.54) is 5.69 Å². The number of amides is 1. The third kappa shape index (κ3) is 4.48. The molecule has 2 aliphatic heterocycles. The summed E-state index contributed by atoms with van der Waals surface area (Å²) < 4.78 is 11.2. The highest BCUT2D eigenvalue weighted by molar-refractivity contribution is 5.97. The van der Waals surface area contributed by atoms with Crippen molar-refractivity contribution in [3.63, 3.8) is 0 Å². The minimum absolute atomic E-state index is 0.0808. The van der Waals surface area contributed by atoms with Crippen LogP contribution in [0.25, 0.3) is 0 Å². The Morgan fingerprint density at radius 3 is 2.48 bits per heavy atom. The Morgan fingerprint density at radius 2 is 1.66 bits per heavy atom. The molecule has 29 heavy (non-hydrogen) atoms. The number of benzene rings is 2. The van der Waals surface area contributed by atoms with Gasteiger partial charge in [-0.15, -0.1) is 0 Å². The highest BCUT2D eigenvalue weighted by Crippen LogP contribution is 2.28. The molecule has 0 radical (unpaired) electrons. The van der Waals surface area contributed by atoms with Crippen molar-refractivity contribution in [1.29, 1.82) is 0 Å². The van der Waals surface area contributed by atoms with Gasteiger partial charge in [-0.25, -0.2) is 0 Å². The van der Waals surface area contributed by atoms with Crippen LogP contribution in [-0.4, -0.2) is 68.8 Å². The predicted octanol–water partition coefficient (Wildman–Crippen LogP) is 3.09. The fourth-order valence-corrected chi connectivity index (χ4v) is 4.05. The average molecular weight is 396 g/mol. The number of hydrogen-bond donors (Lipinski definition) is 0. The van der Waals surface area contributed by atoms with Crippen molar-refractivity contribution < 1.29 is 14.3 Å². The van der Waals surface area contributed by atoms with Crippen LogP contribution in [0.2, 0.25) is 0 Å². The Kier molecular flexibility index (Phi) is 6.20. The summed E-state index contributed by atoms with van der Waals surface area (Å²) in [5.41, 5.74) is 1.85. The Hall–Kier alpha value is -2.73. The van der Waals surface area contributed by atoms with Gasteiger partial charge in [0.15, 0.2) is 6.73 Å². The van der Waals surface area contributed by atoms with Crippen molar-refractivity contribution in [3.8, 4) is 11.5 Å². The van der Waals surface area contributed by atoms with Crippen molar-refractivity contribution in [2.24, 2.45) is 0 Å². The van der Waals surface area contributed by atoms with Gasteiger partial charge in [-0.1, -0.05) is 24.3 Å². The van der Waals surface area contributed by atoms with Gasteiger partial charge in [-0.2, -0.15) is 0 Å². The van der Waals surface area contributed by atoms with E-state index in [1.807, 2.05) is 41.3 Å². The number of para-hydroxylation sites is 3. The first-order chi connectivity index (χ1) is 14.3. The summed E-state index contributed by atoms with van der Waals surface area (Å²) in [7, 11) is 1.73. The smallest absolute Gasteiger partial charge is 0.260 e. The van der Waals surface area contributed by atoms with Crippen LogP contribution in [0.1, 0.15) is 23.2 Å². The molecule has 4 rings (SSSR count). The zero-order valence-electron chi connectivity index (χ0n) is 17.0. The standard InChI is InChI=1S/C23H29N3O3/c1-28-22-11-5-3-9-20(22)25-16-14-24(15-17-25)12-6-7-13-26-18-29-21-10-4-2-8-19(21)23(26)27/h2-5,8-11H,6-7,12-18H2,1H3. The zero-order valence-corrected chi connectivity index (χ0v) is 17.0. The first-order valence-electron chi connectivity index (χ1n) is 10.4. The monoisotopic (exact) mass is 395 g/mol. The molecule has 0 spiro atoms. The van der Waals surface area contributed by atoms with Gasteiger partial charge in [-0.05, 0) is 43.7 Å². The predicted molar refractivity (Wildman–Crippen MR) is 114 cm³/mol. The number of piperazine rings is 1. The number of anilines is 1. The van der Waals surface area contributed by atoms with Gasteiger partial charge >= 0.3 is 0 Å². The van der Waals surface area contributed by atoms with E-state index in [4.69, 9.17) is 9.47 Å². The zero-order chi connectivity index (χ0) is 20.1. The van der Waals surface area contributed by atoms with Crippen LogP contribution in [0.15, 0.2) is 48.5 Å². The molecule has 0 atom stereocenters. The molecule has 2 aromatic carbocycles. The molecule has 0 aliphatic carbocycles. The second-order valence-electron chi connectivity index (χ2n) is 7.55. The number of rotatable bonds is 7. The second-order valence-corrected chi connectivity index (χ2v) is 7.55. The van der Waals surface area contributed by atoms with Crippen molar-refractivity contribution in [3.05, 3.63) is 54.1 Å². The molecular formula is C23H29N3O3. The largest absolute Gasteiger partial charge is 0.495 e. The van der Waals surface area contributed by atoms with Gasteiger partial charge in [0, 0.05) is 32.7 Å². The molecule has 6 nitrogen and oxygen atoms in total. The van der Waals surface area contributed by atoms with E-state index in [-0.39, 0.29) is 5.91 Å². The van der Waals surface area contributed by atoms with Gasteiger partial charge in [-0.3, -0.25) is 9.69 Å². The molecule has 1 amide bonds. The van der Waals surface area contributed by atoms with Gasteiger partial charge in [0.1, 0.15) is 11.5 Å². The third-order valence-electron chi connectivity index (χ3n) is 5.73. The van der Waals surface area contributed by atoms with Crippen molar-refractivity contribution in [2.75, 3.05) is 58.0 Å². The fraction of sp³-hybridized carbons (Fsp3) is 0.435. The maximum atomic E-state index is 12.6. The lowest BCUT2D eigenvalue weighted by Gasteiger charge is -2.36. The molecule has 154 valence electrons. The lowest BCUT2D eigenvalue weighted by molar-refractivity contribution is 0.0514. The van der Waals surface area contributed by atoms with Crippen LogP contribution in [0, 0.1) is 0 Å². The third-order valence-corrected chi connectivity index (χ3v) is 5.73. The molecule has 0 unspecified atom stereocenters. The Morgan fingerprint density at radius 1 is 0.931 bits per heavy atom. The molecule has 2 heterocycles. The van der Waals surface area contributed by atoms with Gasteiger partial charge in [0.2, 0.25) is 0 Å². The minimum Gasteiger partial charge on any atom is -0.495 e. The van der Waals surface area contributed by atoms with E-state index in [0.717, 1.165) is 57.9 Å². The highest BCUT2D eigenvalue weighted by atomic mass is 16.5. The lowest BCUT2D eigenvalue weighted by atomic mass is 10.1. The minimum atomic E-state index is 0.0808. The van der Waals surface area contributed by atoms with Crippen molar-refractivity contribution in [1.82, 2.24) is 9.80 Å². The quantitative estimate of drug-likeness (QED) is 0.674. The van der Waals surface area contributed by atoms with Gasteiger partial charge in [0.25, 0.3) is 5.91 Å². The average Bonchev–Trinajstić information content (AvgIpc) is 2.78. The summed E-state index contributed by atoms with van der Waals surface area (Å²) in [6.45, 7) is 6.29. The normalized spacial score (nSPS) is 17.1. The van der Waals surface area contributed by atoms with E-state index in [9.17, 15) is 4.79 Å². The van der Waals surface area contributed by atoms with Crippen LogP contribution < -0.4 is 14.4 Å². The fourth-order valence-electron chi connectivity index (χ4n) is 4.05. The number of hydrogen-bond acceptors (Lipinski definition) is 5. The molecule has 2 aromatic rings. The number of methoxy groups -OCH3 is 1. The van der Waals surface area contributed by atoms with E-state index >= 15 is 0 Å². The van der Waals surface area contributed by atoms with Crippen LogP contribution in [0.5, 0.6) is 11.5 Å². The van der Waals surface area contributed by atoms with E-state index in [2.05, 4.69) is 21.9 Å². The molecule has 6 heteroatoms. The van der Waals surface area contributed by atoms with E-state index in [1.54, 1.807) is 7.11 Å². The van der Waals surface area contributed by atoms with Crippen LogP contribution >= 0.6 is 0 Å². The number of ether oxygens (including phenoxy) is 2. The second kappa shape index (κ2) is 9.18. The molecule has 2 aliphatic rings. The summed E-state index contributed by atoms with van der Waals surface area (Å²) in [4.78, 5) is 19.3. The molecule has 0 aromatic heterocycles. The number of nitrogens with zero attached hydrogens (tertiary/aromatic N) is 3. The van der Waals surface area contributed by atoms with Crippen molar-refractivity contribution >= 4 is 11.6 Å². The summed E-state index contributed by atoms with van der Waals surface area (Å²) >= 11 is 0. The molecule has 1 saturated heterocycles. The number of carbonyl (C=O) groups is 1. The van der Waals surface area contributed by atoms with Gasteiger partial charge in [0.05, 0.1) is 18.4 Å². The van der Waals surface area contributed by atoms with Crippen LogP contribution in [0.4, 0.5) is 5.69 Å². The lowest BCUT2D eigenvalue weighted by Crippen LogP contribution is -2.46. The summed E-state index contributed by atoms with van der Waals surface area (Å²) in [6, 6.07) is 15.7. The summed E-state index contributed by atoms with van der Waals surface area (Å²) in [5.74, 6) is 1.72. The number of fused-ring (bicyclic) bond motifs is 1. The highest BCUT2D eigenvalue weighted by Gasteiger charge is 2.25. The number of carbonyl (C=O) groups excluding carboxylic acids is 1. The van der Waals surface area contributed by atoms with E-state index < -0.39 is 0 Å².